The molecule has 4 heterocycles. The van der Waals surface area contributed by atoms with Crippen LogP contribution in [-0.4, -0.2) is 16.7 Å². The van der Waals surface area contributed by atoms with Crippen molar-refractivity contribution in [1.82, 2.24) is 4.98 Å². The maximum Gasteiger partial charge on any atom is 0.343 e. The number of carbonyl (C=O) groups is 2. The summed E-state index contributed by atoms with van der Waals surface area (Å²) < 4.78 is 7.84. The van der Waals surface area contributed by atoms with Crippen LogP contribution in [0.4, 0.5) is 16.5 Å². The fourth-order valence-electron chi connectivity index (χ4n) is 7.06. The van der Waals surface area contributed by atoms with Gasteiger partial charge in [-0.05, 0) is 54.7 Å². The molecule has 208 valence electrons. The summed E-state index contributed by atoms with van der Waals surface area (Å²) in [6.07, 6.45) is 0.759. The van der Waals surface area contributed by atoms with Gasteiger partial charge in [0.05, 0.1) is 21.5 Å². The molecule has 7 nitrogen and oxygen atoms in total. The average molecular weight is 639 g/mol. The summed E-state index contributed by atoms with van der Waals surface area (Å²) in [7, 11) is 0. The normalized spacial score (nSPS) is 20.7. The second kappa shape index (κ2) is 8.49. The first kappa shape index (κ1) is 25.6. The Hall–Kier alpha value is -4.08. The van der Waals surface area contributed by atoms with Crippen LogP contribution in [0.25, 0.3) is 21.2 Å². The number of carbonyl (C=O) groups excluding carboxylic acids is 2. The monoisotopic (exact) mass is 637 g/mol. The third-order valence-electron chi connectivity index (χ3n) is 8.63. The number of allylic oxidation sites excluding steroid dienone is 1. The molecule has 1 aliphatic carbocycles. The number of nitrogens with zero attached hydrogens (tertiary/aromatic N) is 2. The highest BCUT2D eigenvalue weighted by atomic mass is 79.9. The molecule has 9 heteroatoms. The van der Waals surface area contributed by atoms with Crippen LogP contribution in [0.2, 0.25) is 0 Å². The topological polar surface area (TPSA) is 92.5 Å². The molecule has 1 unspecified atom stereocenters. The minimum Gasteiger partial charge on any atom is -0.422 e. The van der Waals surface area contributed by atoms with Gasteiger partial charge in [-0.15, -0.1) is 0 Å². The maximum atomic E-state index is 14.4. The van der Waals surface area contributed by atoms with Crippen molar-refractivity contribution in [3.05, 3.63) is 104 Å². The van der Waals surface area contributed by atoms with E-state index in [1.54, 1.807) is 6.07 Å². The molecule has 1 amide bonds. The first-order valence-corrected chi connectivity index (χ1v) is 15.3. The van der Waals surface area contributed by atoms with E-state index < -0.39 is 16.9 Å². The zero-order chi connectivity index (χ0) is 29.1. The molecule has 0 bridgehead atoms. The smallest absolute Gasteiger partial charge is 0.343 e. The van der Waals surface area contributed by atoms with Crippen LogP contribution in [0.15, 0.2) is 85.6 Å². The third kappa shape index (κ3) is 3.26. The van der Waals surface area contributed by atoms with Crippen molar-refractivity contribution >= 4 is 76.6 Å². The van der Waals surface area contributed by atoms with E-state index in [4.69, 9.17) is 9.40 Å². The lowest BCUT2D eigenvalue weighted by atomic mass is 9.60. The van der Waals surface area contributed by atoms with Crippen LogP contribution >= 0.6 is 27.3 Å². The Labute approximate surface area is 253 Å². The van der Waals surface area contributed by atoms with Crippen LogP contribution in [-0.2, 0) is 15.0 Å². The zero-order valence-corrected chi connectivity index (χ0v) is 25.4. The lowest BCUT2D eigenvalue weighted by Crippen LogP contribution is -2.52. The average Bonchev–Trinajstić information content (AvgIpc) is 3.47. The maximum absolute atomic E-state index is 14.4. The molecule has 3 aliphatic rings. The summed E-state index contributed by atoms with van der Waals surface area (Å²) >= 11 is 5.10. The van der Waals surface area contributed by atoms with Crippen molar-refractivity contribution in [3.8, 4) is 0 Å². The van der Waals surface area contributed by atoms with Crippen molar-refractivity contribution in [2.45, 2.75) is 39.0 Å². The number of rotatable bonds is 1. The molecule has 1 N–H and O–H groups in total. The predicted octanol–water partition coefficient (Wildman–Crippen LogP) is 7.51. The Morgan fingerprint density at radius 1 is 1.02 bits per heavy atom. The number of halogens is 1. The Balaban J connectivity index is 1.59. The number of hydrogen-bond acceptors (Lipinski definition) is 7. The Bertz CT molecular complexity index is 2160. The number of Topliss-reactive ketones (excluding diaryl/α,β-unsaturated/α-hetero) is 1. The van der Waals surface area contributed by atoms with E-state index in [0.29, 0.717) is 50.7 Å². The number of thiazole rings is 1. The molecular weight excluding hydrogens is 614 g/mol. The number of hydrogen-bond donors (Lipinski definition) is 1. The van der Waals surface area contributed by atoms with Crippen molar-refractivity contribution in [1.29, 1.82) is 0 Å². The second-order valence-corrected chi connectivity index (χ2v) is 13.9. The van der Waals surface area contributed by atoms with Crippen molar-refractivity contribution in [2.75, 3.05) is 10.2 Å². The Morgan fingerprint density at radius 3 is 2.62 bits per heavy atom. The Morgan fingerprint density at radius 2 is 1.79 bits per heavy atom. The molecule has 3 aromatic carbocycles. The summed E-state index contributed by atoms with van der Waals surface area (Å²) in [5.41, 5.74) is 2.45. The molecule has 2 aliphatic heterocycles. The number of fused-ring (bicyclic) bond motifs is 8. The summed E-state index contributed by atoms with van der Waals surface area (Å²) in [5, 5.41) is 4.29. The lowest BCUT2D eigenvalue weighted by Gasteiger charge is -2.46. The van der Waals surface area contributed by atoms with Crippen LogP contribution in [0, 0.1) is 12.3 Å². The summed E-state index contributed by atoms with van der Waals surface area (Å²) in [6.45, 7) is 6.14. The van der Waals surface area contributed by atoms with Crippen LogP contribution < -0.4 is 15.8 Å². The van der Waals surface area contributed by atoms with Crippen molar-refractivity contribution in [3.63, 3.8) is 0 Å². The molecule has 0 saturated carbocycles. The number of para-hydroxylation sites is 2. The van der Waals surface area contributed by atoms with Gasteiger partial charge in [0, 0.05) is 38.8 Å². The molecule has 0 saturated heterocycles. The molecule has 1 spiro atoms. The molecule has 1 atom stereocenters. The van der Waals surface area contributed by atoms with Gasteiger partial charge in [0.1, 0.15) is 11.0 Å². The third-order valence-corrected chi connectivity index (χ3v) is 10.1. The van der Waals surface area contributed by atoms with Crippen LogP contribution in [0.5, 0.6) is 0 Å². The van der Waals surface area contributed by atoms with Crippen LogP contribution in [0.1, 0.15) is 43.4 Å². The number of aromatic nitrogens is 1. The molecule has 42 heavy (non-hydrogen) atoms. The summed E-state index contributed by atoms with van der Waals surface area (Å²) in [4.78, 5) is 50.0. The molecule has 8 rings (SSSR count). The molecule has 5 aromatic rings. The van der Waals surface area contributed by atoms with Gasteiger partial charge in [-0.25, -0.2) is 9.78 Å². The number of benzene rings is 3. The predicted molar refractivity (Wildman–Crippen MR) is 168 cm³/mol. The van der Waals surface area contributed by atoms with Crippen molar-refractivity contribution < 1.29 is 14.0 Å². The first-order chi connectivity index (χ1) is 20.1. The van der Waals surface area contributed by atoms with Crippen LogP contribution in [0.3, 0.4) is 0 Å². The summed E-state index contributed by atoms with van der Waals surface area (Å²) in [5.74, 6) is -0.576. The number of nitrogens with one attached hydrogen (secondary N) is 1. The van der Waals surface area contributed by atoms with Gasteiger partial charge < -0.3 is 9.73 Å². The molecule has 0 fully saturated rings. The van der Waals surface area contributed by atoms with Gasteiger partial charge in [0.2, 0.25) is 5.91 Å². The van der Waals surface area contributed by atoms with E-state index in [0.717, 1.165) is 20.3 Å². The highest BCUT2D eigenvalue weighted by Crippen LogP contribution is 2.60. The molecular formula is C33H24BrN3O4S. The number of aryl methyl sites for hydroxylation is 1. The lowest BCUT2D eigenvalue weighted by molar-refractivity contribution is -0.123. The van der Waals surface area contributed by atoms with Gasteiger partial charge in [0.15, 0.2) is 10.9 Å². The fraction of sp³-hybridized carbons (Fsp3) is 0.212. The van der Waals surface area contributed by atoms with Crippen molar-refractivity contribution in [2.24, 2.45) is 5.41 Å². The fourth-order valence-corrected chi connectivity index (χ4v) is 8.90. The second-order valence-electron chi connectivity index (χ2n) is 12.0. The molecule has 2 aromatic heterocycles. The Kier molecular flexibility index (Phi) is 5.18. The van der Waals surface area contributed by atoms with E-state index in [1.807, 2.05) is 66.4 Å². The number of anilines is 3. The highest BCUT2D eigenvalue weighted by Gasteiger charge is 2.62. The van der Waals surface area contributed by atoms with E-state index in [1.165, 1.54) is 11.3 Å². The largest absolute Gasteiger partial charge is 0.422 e. The van der Waals surface area contributed by atoms with Gasteiger partial charge in [-0.2, -0.15) is 0 Å². The molecule has 0 radical (unpaired) electrons. The standard InChI is InChI=1S/C33H24BrN3O4S/c1-16-12-17(34)13-24-27(16)36-31(42-24)37-21-14-32(2,3)15-22(38)25(21)33(19-9-5-6-10-20(19)35-30(33)40)26-28(37)18-8-4-7-11-23(18)41-29(26)39/h4-13H,14-15H2,1-3H3,(H,35,40). The SMILES string of the molecule is Cc1cc(Br)cc2sc(N3C4=C(C(=O)CC(C)(C)C4)C4(C(=O)Nc5ccccc54)c4c3c3ccccc3oc4=O)nc12. The minimum absolute atomic E-state index is 0.146. The van der Waals surface area contributed by atoms with Gasteiger partial charge in [-0.1, -0.05) is 71.4 Å². The van der Waals surface area contributed by atoms with Gasteiger partial charge in [-0.3, -0.25) is 14.5 Å². The zero-order valence-electron chi connectivity index (χ0n) is 23.0. The highest BCUT2D eigenvalue weighted by molar-refractivity contribution is 9.10. The van der Waals surface area contributed by atoms with E-state index in [2.05, 4.69) is 35.1 Å². The van der Waals surface area contributed by atoms with E-state index in [-0.39, 0.29) is 23.2 Å². The number of amides is 1. The quantitative estimate of drug-likeness (QED) is 0.191. The van der Waals surface area contributed by atoms with E-state index in [9.17, 15) is 14.4 Å². The summed E-state index contributed by atoms with van der Waals surface area (Å²) in [6, 6.07) is 18.7. The van der Waals surface area contributed by atoms with E-state index >= 15 is 0 Å². The van der Waals surface area contributed by atoms with Gasteiger partial charge in [0.25, 0.3) is 0 Å². The number of ketones is 1. The first-order valence-electron chi connectivity index (χ1n) is 13.7. The van der Waals surface area contributed by atoms with Gasteiger partial charge >= 0.3 is 5.63 Å². The minimum atomic E-state index is -1.65.